The average Bonchev–Trinajstić information content (AvgIpc) is 2.03. The predicted octanol–water partition coefficient (Wildman–Crippen LogP) is 2.44. The fraction of sp³-hybridized carbons (Fsp3) is 0.364. The van der Waals surface area contributed by atoms with E-state index in [9.17, 15) is 4.79 Å². The molecule has 0 N–H and O–H groups in total. The van der Waals surface area contributed by atoms with E-state index in [1.54, 1.807) is 6.07 Å². The van der Waals surface area contributed by atoms with E-state index in [1.807, 2.05) is 24.5 Å². The zero-order valence-corrected chi connectivity index (χ0v) is 7.72. The van der Waals surface area contributed by atoms with Gasteiger partial charge in [0.1, 0.15) is 0 Å². The first-order chi connectivity index (χ1) is 5.54. The van der Waals surface area contributed by atoms with E-state index in [0.29, 0.717) is 5.56 Å². The maximum atomic E-state index is 10.4. The SMILES string of the molecule is CC(C)(C)c1cccc([C]=O)c1. The lowest BCUT2D eigenvalue weighted by Gasteiger charge is -2.18. The molecule has 1 radical (unpaired) electrons. The van der Waals surface area contributed by atoms with Gasteiger partial charge in [0.15, 0.2) is 0 Å². The highest BCUT2D eigenvalue weighted by molar-refractivity contribution is 5.75. The first-order valence-corrected chi connectivity index (χ1v) is 4.03. The van der Waals surface area contributed by atoms with Crippen LogP contribution in [-0.4, -0.2) is 6.29 Å². The molecule has 0 aromatic heterocycles. The van der Waals surface area contributed by atoms with Crippen molar-refractivity contribution < 1.29 is 4.79 Å². The Hall–Kier alpha value is -1.11. The van der Waals surface area contributed by atoms with Crippen LogP contribution in [0.3, 0.4) is 0 Å². The topological polar surface area (TPSA) is 17.1 Å². The van der Waals surface area contributed by atoms with Gasteiger partial charge in [-0.25, -0.2) is 0 Å². The minimum Gasteiger partial charge on any atom is -0.285 e. The van der Waals surface area contributed by atoms with E-state index in [-0.39, 0.29) is 5.41 Å². The Morgan fingerprint density at radius 3 is 2.42 bits per heavy atom. The van der Waals surface area contributed by atoms with Gasteiger partial charge in [-0.05, 0) is 17.0 Å². The number of rotatable bonds is 1. The van der Waals surface area contributed by atoms with Crippen molar-refractivity contribution in [2.45, 2.75) is 26.2 Å². The number of hydrogen-bond donors (Lipinski definition) is 0. The van der Waals surface area contributed by atoms with E-state index in [0.717, 1.165) is 0 Å². The Morgan fingerprint density at radius 1 is 1.25 bits per heavy atom. The van der Waals surface area contributed by atoms with Gasteiger partial charge in [-0.1, -0.05) is 39.0 Å². The molecule has 0 bridgehead atoms. The normalized spacial score (nSPS) is 11.2. The quantitative estimate of drug-likeness (QED) is 0.618. The van der Waals surface area contributed by atoms with Crippen LogP contribution in [0.4, 0.5) is 0 Å². The summed E-state index contributed by atoms with van der Waals surface area (Å²) in [5, 5.41) is 0. The largest absolute Gasteiger partial charge is 0.285 e. The molecule has 0 saturated heterocycles. The molecule has 63 valence electrons. The first-order valence-electron chi connectivity index (χ1n) is 4.03. The molecule has 0 spiro atoms. The lowest BCUT2D eigenvalue weighted by Crippen LogP contribution is -2.10. The van der Waals surface area contributed by atoms with E-state index in [2.05, 4.69) is 20.8 Å². The van der Waals surface area contributed by atoms with E-state index >= 15 is 0 Å². The highest BCUT2D eigenvalue weighted by atomic mass is 16.1. The summed E-state index contributed by atoms with van der Waals surface area (Å²) >= 11 is 0. The van der Waals surface area contributed by atoms with Crippen molar-refractivity contribution in [1.29, 1.82) is 0 Å². The lowest BCUT2D eigenvalue weighted by molar-refractivity contribution is 0.562. The van der Waals surface area contributed by atoms with E-state index in [1.165, 1.54) is 5.56 Å². The maximum Gasteiger partial charge on any atom is 0.233 e. The second kappa shape index (κ2) is 3.10. The highest BCUT2D eigenvalue weighted by Crippen LogP contribution is 2.22. The molecule has 12 heavy (non-hydrogen) atoms. The molecular formula is C11H13O. The average molecular weight is 161 g/mol. The van der Waals surface area contributed by atoms with Gasteiger partial charge in [-0.15, -0.1) is 0 Å². The Morgan fingerprint density at radius 2 is 1.92 bits per heavy atom. The fourth-order valence-electron chi connectivity index (χ4n) is 1.05. The zero-order valence-electron chi connectivity index (χ0n) is 7.72. The number of hydrogen-bond acceptors (Lipinski definition) is 1. The summed E-state index contributed by atoms with van der Waals surface area (Å²) in [5.74, 6) is 0. The van der Waals surface area contributed by atoms with Crippen LogP contribution in [0.1, 0.15) is 31.9 Å². The minimum absolute atomic E-state index is 0.104. The Labute approximate surface area is 73.4 Å². The lowest BCUT2D eigenvalue weighted by atomic mass is 9.86. The number of benzene rings is 1. The summed E-state index contributed by atoms with van der Waals surface area (Å²) in [6, 6.07) is 7.57. The van der Waals surface area contributed by atoms with Crippen molar-refractivity contribution in [3.05, 3.63) is 35.4 Å². The minimum atomic E-state index is 0.104. The van der Waals surface area contributed by atoms with Gasteiger partial charge in [0.25, 0.3) is 0 Å². The second-order valence-electron chi connectivity index (χ2n) is 3.93. The third kappa shape index (κ3) is 1.94. The van der Waals surface area contributed by atoms with Crippen molar-refractivity contribution in [3.63, 3.8) is 0 Å². The smallest absolute Gasteiger partial charge is 0.233 e. The predicted molar refractivity (Wildman–Crippen MR) is 49.9 cm³/mol. The zero-order chi connectivity index (χ0) is 9.19. The Balaban J connectivity index is 3.10. The van der Waals surface area contributed by atoms with Crippen molar-refractivity contribution in [3.8, 4) is 0 Å². The van der Waals surface area contributed by atoms with E-state index in [4.69, 9.17) is 0 Å². The van der Waals surface area contributed by atoms with Crippen LogP contribution in [0.25, 0.3) is 0 Å². The van der Waals surface area contributed by atoms with Crippen LogP contribution in [0.5, 0.6) is 0 Å². The van der Waals surface area contributed by atoms with Crippen LogP contribution in [0, 0.1) is 0 Å². The summed E-state index contributed by atoms with van der Waals surface area (Å²) < 4.78 is 0. The van der Waals surface area contributed by atoms with Crippen molar-refractivity contribution in [1.82, 2.24) is 0 Å². The molecule has 0 saturated carbocycles. The second-order valence-corrected chi connectivity index (χ2v) is 3.93. The molecule has 0 aliphatic rings. The van der Waals surface area contributed by atoms with Crippen LogP contribution < -0.4 is 0 Å². The van der Waals surface area contributed by atoms with Crippen molar-refractivity contribution in [2.24, 2.45) is 0 Å². The molecule has 0 amide bonds. The molecule has 0 aliphatic carbocycles. The van der Waals surface area contributed by atoms with Gasteiger partial charge in [0, 0.05) is 5.56 Å². The van der Waals surface area contributed by atoms with Gasteiger partial charge >= 0.3 is 0 Å². The van der Waals surface area contributed by atoms with Gasteiger partial charge in [0.05, 0.1) is 0 Å². The van der Waals surface area contributed by atoms with Gasteiger partial charge in [-0.3, -0.25) is 4.79 Å². The maximum absolute atomic E-state index is 10.4. The van der Waals surface area contributed by atoms with E-state index < -0.39 is 0 Å². The standard InChI is InChI=1S/C11H13O/c1-11(2,3)10-6-4-5-9(7-10)8-12/h4-7H,1-3H3. The third-order valence-corrected chi connectivity index (χ3v) is 1.85. The molecule has 0 fully saturated rings. The van der Waals surface area contributed by atoms with Gasteiger partial charge < -0.3 is 0 Å². The molecule has 1 aromatic carbocycles. The summed E-state index contributed by atoms with van der Waals surface area (Å²) in [6.45, 7) is 6.37. The van der Waals surface area contributed by atoms with Crippen LogP contribution >= 0.6 is 0 Å². The van der Waals surface area contributed by atoms with Crippen molar-refractivity contribution in [2.75, 3.05) is 0 Å². The molecule has 0 unspecified atom stereocenters. The fourth-order valence-corrected chi connectivity index (χ4v) is 1.05. The molecule has 1 nitrogen and oxygen atoms in total. The van der Waals surface area contributed by atoms with Crippen molar-refractivity contribution >= 4 is 6.29 Å². The summed E-state index contributed by atoms with van der Waals surface area (Å²) in [5.41, 5.74) is 1.90. The van der Waals surface area contributed by atoms with Crippen LogP contribution in [-0.2, 0) is 10.2 Å². The molecule has 1 aromatic rings. The first kappa shape index (κ1) is 8.98. The molecule has 0 atom stereocenters. The monoisotopic (exact) mass is 161 g/mol. The molecule has 0 aliphatic heterocycles. The number of carbonyl (C=O) groups excluding carboxylic acids is 1. The van der Waals surface area contributed by atoms with Gasteiger partial charge in [0.2, 0.25) is 6.29 Å². The summed E-state index contributed by atoms with van der Waals surface area (Å²) in [4.78, 5) is 10.4. The Bertz CT molecular complexity index is 281. The molecule has 1 heteroatoms. The third-order valence-electron chi connectivity index (χ3n) is 1.85. The summed E-state index contributed by atoms with van der Waals surface area (Å²) in [7, 11) is 0. The molecular weight excluding hydrogens is 148 g/mol. The molecule has 1 rings (SSSR count). The van der Waals surface area contributed by atoms with Gasteiger partial charge in [-0.2, -0.15) is 0 Å². The molecule has 0 heterocycles. The summed E-state index contributed by atoms with van der Waals surface area (Å²) in [6.07, 6.45) is 1.89. The highest BCUT2D eigenvalue weighted by Gasteiger charge is 2.13. The van der Waals surface area contributed by atoms with Crippen LogP contribution in [0.2, 0.25) is 0 Å². The van der Waals surface area contributed by atoms with Crippen LogP contribution in [0.15, 0.2) is 24.3 Å². The Kier molecular flexibility index (Phi) is 2.32.